The molecule has 4 nitrogen and oxygen atoms in total. The minimum atomic E-state index is -4.45. The Morgan fingerprint density at radius 1 is 1.26 bits per heavy atom. The lowest BCUT2D eigenvalue weighted by Gasteiger charge is -2.32. The van der Waals surface area contributed by atoms with E-state index in [-0.39, 0.29) is 16.8 Å². The van der Waals surface area contributed by atoms with Crippen molar-refractivity contribution in [3.63, 3.8) is 0 Å². The number of hydrogen-bond donors (Lipinski definition) is 0. The first-order chi connectivity index (χ1) is 8.91. The van der Waals surface area contributed by atoms with Crippen LogP contribution in [0.2, 0.25) is 0 Å². The average Bonchev–Trinajstić information content (AvgIpc) is 2.38. The smallest absolute Gasteiger partial charge is 0.338 e. The Balaban J connectivity index is 2.28. The van der Waals surface area contributed by atoms with Crippen LogP contribution in [0, 0.1) is 0 Å². The number of anilines is 1. The zero-order chi connectivity index (χ0) is 14.0. The van der Waals surface area contributed by atoms with Gasteiger partial charge in [-0.1, -0.05) is 15.9 Å². The zero-order valence-corrected chi connectivity index (χ0v) is 12.0. The fraction of sp³-hybridized carbons (Fsp3) is 0.636. The van der Waals surface area contributed by atoms with Gasteiger partial charge >= 0.3 is 6.18 Å². The van der Waals surface area contributed by atoms with Crippen LogP contribution in [0.1, 0.15) is 11.3 Å². The second kappa shape index (κ2) is 5.62. The Morgan fingerprint density at radius 2 is 1.89 bits per heavy atom. The topological polar surface area (TPSA) is 32.3 Å². The molecule has 1 fully saturated rings. The van der Waals surface area contributed by atoms with Gasteiger partial charge in [0, 0.05) is 43.3 Å². The molecule has 19 heavy (non-hydrogen) atoms. The molecule has 8 heteroatoms. The van der Waals surface area contributed by atoms with Gasteiger partial charge in [-0.05, 0) is 7.05 Å². The molecule has 0 atom stereocenters. The third-order valence-corrected chi connectivity index (χ3v) is 3.65. The Labute approximate surface area is 117 Å². The van der Waals surface area contributed by atoms with Crippen LogP contribution in [0.15, 0.2) is 6.20 Å². The number of nitrogens with zero attached hydrogens (tertiary/aromatic N) is 4. The summed E-state index contributed by atoms with van der Waals surface area (Å²) in [5.74, 6) is 0.158. The lowest BCUT2D eigenvalue weighted by molar-refractivity contribution is -0.141. The molecule has 1 saturated heterocycles. The number of aromatic nitrogens is 2. The van der Waals surface area contributed by atoms with Crippen molar-refractivity contribution in [1.82, 2.24) is 14.9 Å². The summed E-state index contributed by atoms with van der Waals surface area (Å²) >= 11 is 3.03. The fourth-order valence-electron chi connectivity index (χ4n) is 1.90. The van der Waals surface area contributed by atoms with Crippen LogP contribution < -0.4 is 4.90 Å². The zero-order valence-electron chi connectivity index (χ0n) is 10.4. The van der Waals surface area contributed by atoms with Gasteiger partial charge in [-0.25, -0.2) is 9.97 Å². The van der Waals surface area contributed by atoms with E-state index in [2.05, 4.69) is 30.8 Å². The second-order valence-corrected chi connectivity index (χ2v) is 5.03. The highest BCUT2D eigenvalue weighted by molar-refractivity contribution is 9.08. The van der Waals surface area contributed by atoms with Crippen molar-refractivity contribution in [1.29, 1.82) is 0 Å². The first kappa shape index (κ1) is 14.5. The molecule has 0 N–H and O–H groups in total. The summed E-state index contributed by atoms with van der Waals surface area (Å²) in [7, 11) is 1.98. The monoisotopic (exact) mass is 338 g/mol. The summed E-state index contributed by atoms with van der Waals surface area (Å²) in [5, 5.41) is 0.0882. The average molecular weight is 339 g/mol. The summed E-state index contributed by atoms with van der Waals surface area (Å²) in [5.41, 5.74) is -0.793. The highest BCUT2D eigenvalue weighted by Gasteiger charge is 2.36. The Kier molecular flexibility index (Phi) is 4.29. The molecule has 106 valence electrons. The molecule has 1 aliphatic rings. The van der Waals surface area contributed by atoms with Crippen molar-refractivity contribution in [2.75, 3.05) is 38.1 Å². The standard InChI is InChI=1S/C11H14BrF3N4/c1-18-2-4-19(5-3-18)10-16-7-8(6-12)9(17-10)11(13,14)15/h7H,2-6H2,1H3. The van der Waals surface area contributed by atoms with Gasteiger partial charge in [-0.15, -0.1) is 0 Å². The van der Waals surface area contributed by atoms with Gasteiger partial charge in [0.2, 0.25) is 5.95 Å². The number of piperazine rings is 1. The molecule has 0 spiro atoms. The van der Waals surface area contributed by atoms with E-state index in [0.29, 0.717) is 13.1 Å². The quantitative estimate of drug-likeness (QED) is 0.773. The van der Waals surface area contributed by atoms with Crippen LogP contribution >= 0.6 is 15.9 Å². The predicted molar refractivity (Wildman–Crippen MR) is 69.4 cm³/mol. The van der Waals surface area contributed by atoms with Crippen molar-refractivity contribution in [2.45, 2.75) is 11.5 Å². The lowest BCUT2D eigenvalue weighted by Crippen LogP contribution is -2.45. The van der Waals surface area contributed by atoms with Crippen LogP contribution in [-0.2, 0) is 11.5 Å². The normalized spacial score (nSPS) is 17.8. The Morgan fingerprint density at radius 3 is 2.42 bits per heavy atom. The first-order valence-corrected chi connectivity index (χ1v) is 6.96. The molecule has 0 amide bonds. The molecule has 0 radical (unpaired) electrons. The van der Waals surface area contributed by atoms with Crippen LogP contribution in [0.25, 0.3) is 0 Å². The second-order valence-electron chi connectivity index (χ2n) is 4.47. The number of halogens is 4. The third kappa shape index (κ3) is 3.36. The van der Waals surface area contributed by atoms with Gasteiger partial charge in [0.25, 0.3) is 0 Å². The summed E-state index contributed by atoms with van der Waals surface area (Å²) in [4.78, 5) is 11.6. The number of likely N-dealkylation sites (N-methyl/N-ethyl adjacent to an activating group) is 1. The van der Waals surface area contributed by atoms with E-state index in [1.807, 2.05) is 7.05 Å². The molecule has 0 aromatic carbocycles. The molecular weight excluding hydrogens is 325 g/mol. The maximum atomic E-state index is 12.9. The van der Waals surface area contributed by atoms with Gasteiger partial charge in [0.05, 0.1) is 0 Å². The van der Waals surface area contributed by atoms with E-state index >= 15 is 0 Å². The molecule has 1 aliphatic heterocycles. The summed E-state index contributed by atoms with van der Waals surface area (Å²) in [6.07, 6.45) is -3.20. The maximum absolute atomic E-state index is 12.9. The minimum Gasteiger partial charge on any atom is -0.338 e. The van der Waals surface area contributed by atoms with Crippen molar-refractivity contribution < 1.29 is 13.2 Å². The summed E-state index contributed by atoms with van der Waals surface area (Å²) in [6.45, 7) is 2.87. The largest absolute Gasteiger partial charge is 0.433 e. The fourth-order valence-corrected chi connectivity index (χ4v) is 2.31. The molecule has 2 rings (SSSR count). The predicted octanol–water partition coefficient (Wildman–Crippen LogP) is 2.14. The van der Waals surface area contributed by atoms with Crippen molar-refractivity contribution in [3.8, 4) is 0 Å². The number of hydrogen-bond acceptors (Lipinski definition) is 4. The van der Waals surface area contributed by atoms with E-state index in [4.69, 9.17) is 0 Å². The summed E-state index contributed by atoms with van der Waals surface area (Å²) in [6, 6.07) is 0. The molecule has 2 heterocycles. The SMILES string of the molecule is CN1CCN(c2ncc(CBr)c(C(F)(F)F)n2)CC1. The highest BCUT2D eigenvalue weighted by Crippen LogP contribution is 2.32. The van der Waals surface area contributed by atoms with Crippen LogP contribution in [0.5, 0.6) is 0 Å². The van der Waals surface area contributed by atoms with Gasteiger partial charge < -0.3 is 9.80 Å². The van der Waals surface area contributed by atoms with E-state index in [1.165, 1.54) is 6.20 Å². The lowest BCUT2D eigenvalue weighted by atomic mass is 10.2. The summed E-state index contributed by atoms with van der Waals surface area (Å²) < 4.78 is 38.7. The van der Waals surface area contributed by atoms with E-state index in [1.54, 1.807) is 4.90 Å². The minimum absolute atomic E-state index is 0.0605. The van der Waals surface area contributed by atoms with E-state index in [0.717, 1.165) is 13.1 Å². The third-order valence-electron chi connectivity index (χ3n) is 3.05. The van der Waals surface area contributed by atoms with Gasteiger partial charge in [-0.3, -0.25) is 0 Å². The van der Waals surface area contributed by atoms with Crippen molar-refractivity contribution >= 4 is 21.9 Å². The molecule has 0 bridgehead atoms. The Bertz CT molecular complexity index is 444. The van der Waals surface area contributed by atoms with Crippen LogP contribution in [-0.4, -0.2) is 48.1 Å². The van der Waals surface area contributed by atoms with Gasteiger partial charge in [0.15, 0.2) is 5.69 Å². The molecule has 0 unspecified atom stereocenters. The van der Waals surface area contributed by atoms with Crippen LogP contribution in [0.3, 0.4) is 0 Å². The molecule has 0 aliphatic carbocycles. The number of rotatable bonds is 2. The van der Waals surface area contributed by atoms with Gasteiger partial charge in [0.1, 0.15) is 0 Å². The van der Waals surface area contributed by atoms with Crippen molar-refractivity contribution in [2.24, 2.45) is 0 Å². The maximum Gasteiger partial charge on any atom is 0.433 e. The Hall–Kier alpha value is -0.890. The molecule has 1 aromatic rings. The number of alkyl halides is 4. The first-order valence-electron chi connectivity index (χ1n) is 5.84. The van der Waals surface area contributed by atoms with E-state index < -0.39 is 11.9 Å². The van der Waals surface area contributed by atoms with E-state index in [9.17, 15) is 13.2 Å². The van der Waals surface area contributed by atoms with Crippen molar-refractivity contribution in [3.05, 3.63) is 17.5 Å². The molecule has 0 saturated carbocycles. The van der Waals surface area contributed by atoms with Crippen LogP contribution in [0.4, 0.5) is 19.1 Å². The molecule has 1 aromatic heterocycles. The van der Waals surface area contributed by atoms with Gasteiger partial charge in [-0.2, -0.15) is 13.2 Å². The highest BCUT2D eigenvalue weighted by atomic mass is 79.9. The molecular formula is C11H14BrF3N4.